The van der Waals surface area contributed by atoms with Gasteiger partial charge in [-0.15, -0.1) is 6.42 Å². The van der Waals surface area contributed by atoms with Crippen molar-refractivity contribution in [1.82, 2.24) is 4.72 Å². The van der Waals surface area contributed by atoms with Crippen molar-refractivity contribution in [2.45, 2.75) is 24.3 Å². The Morgan fingerprint density at radius 2 is 2.20 bits per heavy atom. The summed E-state index contributed by atoms with van der Waals surface area (Å²) in [7, 11) is -2.47. The van der Waals surface area contributed by atoms with E-state index in [9.17, 15) is 13.2 Å². The number of methoxy groups -OCH3 is 1. The summed E-state index contributed by atoms with van der Waals surface area (Å²) in [6, 6.07) is 3.42. The molecule has 108 valence electrons. The largest absolute Gasteiger partial charge is 0.497 e. The number of sulfonamides is 1. The number of terminal acetylenes is 1. The zero-order valence-corrected chi connectivity index (χ0v) is 11.9. The number of nitrogens with one attached hydrogen (secondary N) is 1. The number of benzene rings is 1. The minimum atomic E-state index is -3.88. The van der Waals surface area contributed by atoms with Crippen molar-refractivity contribution in [1.29, 1.82) is 0 Å². The third kappa shape index (κ3) is 3.98. The van der Waals surface area contributed by atoms with Crippen LogP contribution in [0.3, 0.4) is 0 Å². The van der Waals surface area contributed by atoms with Crippen LogP contribution in [0.5, 0.6) is 5.75 Å². The van der Waals surface area contributed by atoms with Gasteiger partial charge in [0.25, 0.3) is 0 Å². The van der Waals surface area contributed by atoms with Crippen molar-refractivity contribution in [3.63, 3.8) is 0 Å². The van der Waals surface area contributed by atoms with Crippen molar-refractivity contribution >= 4 is 16.0 Å². The zero-order valence-electron chi connectivity index (χ0n) is 11.1. The summed E-state index contributed by atoms with van der Waals surface area (Å²) in [5.74, 6) is 1.48. The maximum atomic E-state index is 12.2. The third-order valence-electron chi connectivity index (χ3n) is 2.48. The summed E-state index contributed by atoms with van der Waals surface area (Å²) in [6.45, 7) is 1.51. The van der Waals surface area contributed by atoms with E-state index in [0.29, 0.717) is 5.75 Å². The van der Waals surface area contributed by atoms with Crippen molar-refractivity contribution in [2.75, 3.05) is 7.11 Å². The molecule has 0 amide bonds. The average molecular weight is 297 g/mol. The SMILES string of the molecule is C#CC(C)NS(=O)(=O)c1ccc(OC)cc1CC(=O)O. The standard InChI is InChI=1S/C13H15NO5S/c1-4-9(2)14-20(17,18)12-6-5-11(19-3)7-10(12)8-13(15)16/h1,5-7,9,14H,8H2,2-3H3,(H,15,16). The van der Waals surface area contributed by atoms with Gasteiger partial charge in [-0.3, -0.25) is 4.79 Å². The molecule has 0 aliphatic rings. The van der Waals surface area contributed by atoms with Crippen LogP contribution in [0.1, 0.15) is 12.5 Å². The van der Waals surface area contributed by atoms with E-state index in [0.717, 1.165) is 0 Å². The van der Waals surface area contributed by atoms with Gasteiger partial charge >= 0.3 is 5.97 Å². The smallest absolute Gasteiger partial charge is 0.307 e. The molecule has 1 rings (SSSR count). The molecule has 0 aliphatic heterocycles. The second-order valence-electron chi connectivity index (χ2n) is 4.05. The van der Waals surface area contributed by atoms with Crippen LogP contribution in [0.4, 0.5) is 0 Å². The van der Waals surface area contributed by atoms with Crippen LogP contribution in [0.2, 0.25) is 0 Å². The van der Waals surface area contributed by atoms with Gasteiger partial charge in [0.2, 0.25) is 10.0 Å². The molecule has 0 spiro atoms. The highest BCUT2D eigenvalue weighted by Crippen LogP contribution is 2.22. The number of hydrogen-bond acceptors (Lipinski definition) is 4. The van der Waals surface area contributed by atoms with Crippen molar-refractivity contribution < 1.29 is 23.1 Å². The topological polar surface area (TPSA) is 92.7 Å². The van der Waals surface area contributed by atoms with E-state index in [2.05, 4.69) is 10.6 Å². The number of carboxylic acid groups (broad SMARTS) is 1. The summed E-state index contributed by atoms with van der Waals surface area (Å²) < 4.78 is 31.6. The van der Waals surface area contributed by atoms with Gasteiger partial charge in [-0.25, -0.2) is 8.42 Å². The van der Waals surface area contributed by atoms with E-state index in [1.807, 2.05) is 0 Å². The van der Waals surface area contributed by atoms with Crippen molar-refractivity contribution in [3.8, 4) is 18.1 Å². The lowest BCUT2D eigenvalue weighted by Gasteiger charge is -2.13. The van der Waals surface area contributed by atoms with Crippen LogP contribution in [-0.4, -0.2) is 32.6 Å². The lowest BCUT2D eigenvalue weighted by atomic mass is 10.1. The maximum Gasteiger partial charge on any atom is 0.307 e. The molecule has 6 nitrogen and oxygen atoms in total. The second-order valence-corrected chi connectivity index (χ2v) is 5.74. The van der Waals surface area contributed by atoms with Gasteiger partial charge in [-0.05, 0) is 30.7 Å². The highest BCUT2D eigenvalue weighted by Gasteiger charge is 2.21. The predicted molar refractivity (Wildman–Crippen MR) is 73.0 cm³/mol. The number of carbonyl (C=O) groups is 1. The first-order valence-electron chi connectivity index (χ1n) is 5.67. The number of rotatable bonds is 6. The fourth-order valence-corrected chi connectivity index (χ4v) is 2.96. The van der Waals surface area contributed by atoms with E-state index >= 15 is 0 Å². The molecule has 1 atom stereocenters. The highest BCUT2D eigenvalue weighted by molar-refractivity contribution is 7.89. The molecule has 0 fully saturated rings. The van der Waals surface area contributed by atoms with Gasteiger partial charge in [-0.2, -0.15) is 4.72 Å². The Morgan fingerprint density at radius 1 is 1.55 bits per heavy atom. The van der Waals surface area contributed by atoms with Gasteiger partial charge in [-0.1, -0.05) is 5.92 Å². The van der Waals surface area contributed by atoms with Crippen molar-refractivity contribution in [2.24, 2.45) is 0 Å². The fraction of sp³-hybridized carbons (Fsp3) is 0.308. The molecule has 1 aromatic carbocycles. The normalized spacial score (nSPS) is 12.4. The molecule has 0 aliphatic carbocycles. The van der Waals surface area contributed by atoms with Gasteiger partial charge in [0, 0.05) is 0 Å². The Hall–Kier alpha value is -2.04. The van der Waals surface area contributed by atoms with Crippen LogP contribution >= 0.6 is 0 Å². The van der Waals surface area contributed by atoms with E-state index in [1.54, 1.807) is 0 Å². The average Bonchev–Trinajstić information content (AvgIpc) is 2.36. The quantitative estimate of drug-likeness (QED) is 0.751. The Morgan fingerprint density at radius 3 is 2.70 bits per heavy atom. The van der Waals surface area contributed by atoms with Crippen LogP contribution < -0.4 is 9.46 Å². The third-order valence-corrected chi connectivity index (χ3v) is 4.12. The van der Waals surface area contributed by atoms with Gasteiger partial charge in [0.1, 0.15) is 5.75 Å². The Bertz CT molecular complexity index is 645. The summed E-state index contributed by atoms with van der Waals surface area (Å²) in [4.78, 5) is 10.7. The molecular formula is C13H15NO5S. The molecule has 0 bridgehead atoms. The van der Waals surface area contributed by atoms with E-state index in [4.69, 9.17) is 16.3 Å². The Labute approximate surface area is 117 Å². The summed E-state index contributed by atoms with van der Waals surface area (Å²) >= 11 is 0. The summed E-state index contributed by atoms with van der Waals surface area (Å²) in [6.07, 6.45) is 4.70. The molecule has 2 N–H and O–H groups in total. The molecule has 0 heterocycles. The fourth-order valence-electron chi connectivity index (χ4n) is 1.58. The number of hydrogen-bond donors (Lipinski definition) is 2. The van der Waals surface area contributed by atoms with E-state index < -0.39 is 28.5 Å². The molecule has 0 radical (unpaired) electrons. The monoisotopic (exact) mass is 297 g/mol. The van der Waals surface area contributed by atoms with Crippen LogP contribution in [0.25, 0.3) is 0 Å². The lowest BCUT2D eigenvalue weighted by Crippen LogP contribution is -2.32. The predicted octanol–water partition coefficient (Wildman–Crippen LogP) is 0.622. The number of ether oxygens (including phenoxy) is 1. The van der Waals surface area contributed by atoms with Gasteiger partial charge in [0.05, 0.1) is 24.5 Å². The molecule has 7 heteroatoms. The lowest BCUT2D eigenvalue weighted by molar-refractivity contribution is -0.136. The minimum absolute atomic E-state index is 0.122. The highest BCUT2D eigenvalue weighted by atomic mass is 32.2. The molecule has 0 saturated carbocycles. The second kappa shape index (κ2) is 6.41. The first kappa shape index (κ1) is 16.0. The minimum Gasteiger partial charge on any atom is -0.497 e. The maximum absolute atomic E-state index is 12.2. The number of aliphatic carboxylic acids is 1. The molecule has 0 saturated heterocycles. The Balaban J connectivity index is 3.29. The molecule has 20 heavy (non-hydrogen) atoms. The van der Waals surface area contributed by atoms with Gasteiger partial charge in [0.15, 0.2) is 0 Å². The summed E-state index contributed by atoms with van der Waals surface area (Å²) in [5, 5.41) is 8.86. The van der Waals surface area contributed by atoms with E-state index in [1.165, 1.54) is 32.2 Å². The Kier molecular flexibility index (Phi) is 5.13. The van der Waals surface area contributed by atoms with Crippen molar-refractivity contribution in [3.05, 3.63) is 23.8 Å². The first-order chi connectivity index (χ1) is 9.30. The van der Waals surface area contributed by atoms with E-state index in [-0.39, 0.29) is 10.5 Å². The number of carboxylic acids is 1. The molecule has 0 aromatic heterocycles. The van der Waals surface area contributed by atoms with Crippen LogP contribution in [0, 0.1) is 12.3 Å². The first-order valence-corrected chi connectivity index (χ1v) is 7.15. The van der Waals surface area contributed by atoms with Gasteiger partial charge < -0.3 is 9.84 Å². The zero-order chi connectivity index (χ0) is 15.3. The molecule has 1 aromatic rings. The summed E-state index contributed by atoms with van der Waals surface area (Å²) in [5.41, 5.74) is 0.133. The molecular weight excluding hydrogens is 282 g/mol. The van der Waals surface area contributed by atoms with Crippen LogP contribution in [0.15, 0.2) is 23.1 Å². The van der Waals surface area contributed by atoms with Crippen LogP contribution in [-0.2, 0) is 21.2 Å². The molecule has 1 unspecified atom stereocenters.